The number of hydrogen-bond donors (Lipinski definition) is 0. The average Bonchev–Trinajstić information content (AvgIpc) is 3.94. The van der Waals surface area contributed by atoms with E-state index in [2.05, 4.69) is 98.8 Å². The van der Waals surface area contributed by atoms with Crippen LogP contribution in [0.1, 0.15) is 31.8 Å². The second kappa shape index (κ2) is 13.5. The highest BCUT2D eigenvalue weighted by molar-refractivity contribution is 7.26. The van der Waals surface area contributed by atoms with E-state index in [1.807, 2.05) is 12.1 Å². The van der Waals surface area contributed by atoms with Gasteiger partial charge in [-0.15, -0.1) is 45.3 Å². The van der Waals surface area contributed by atoms with Gasteiger partial charge in [0.1, 0.15) is 0 Å². The van der Waals surface area contributed by atoms with Gasteiger partial charge < -0.3 is 9.47 Å². The van der Waals surface area contributed by atoms with Crippen molar-refractivity contribution in [3.63, 3.8) is 0 Å². The summed E-state index contributed by atoms with van der Waals surface area (Å²) in [6, 6.07) is 37.3. The molecule has 0 saturated heterocycles. The van der Waals surface area contributed by atoms with Crippen LogP contribution in [0.3, 0.4) is 0 Å². The Hall–Kier alpha value is -4.60. The van der Waals surface area contributed by atoms with Crippen LogP contribution in [-0.2, 0) is 9.47 Å². The Kier molecular flexibility index (Phi) is 8.98. The first-order chi connectivity index (χ1) is 23.3. The van der Waals surface area contributed by atoms with Crippen molar-refractivity contribution in [1.29, 1.82) is 0 Å². The van der Waals surface area contributed by atoms with E-state index in [4.69, 9.17) is 9.47 Å². The summed E-state index contributed by atoms with van der Waals surface area (Å²) in [5.74, 6) is -0.929. The molecule has 0 aliphatic heterocycles. The standard InChI is InChI=1S/C40H30O4S4/c1-23-5-9-25(10-6-23)31-13-17-35(45-31)37-19-15-33(47-37)27-21-30(40(42)44-4)28(22-29(27)39(41)43-3)34-16-20-38(48-34)36-18-14-32(46-36)26-11-7-24(2)8-12-26/h5-22H,1-4H3. The first kappa shape index (κ1) is 32.0. The van der Waals surface area contributed by atoms with Crippen molar-refractivity contribution in [2.24, 2.45) is 0 Å². The minimum atomic E-state index is -0.465. The number of carbonyl (C=O) groups is 2. The number of ether oxygens (including phenoxy) is 2. The first-order valence-electron chi connectivity index (χ1n) is 15.2. The average molecular weight is 703 g/mol. The highest BCUT2D eigenvalue weighted by atomic mass is 32.1. The topological polar surface area (TPSA) is 52.6 Å². The number of rotatable bonds is 8. The molecular weight excluding hydrogens is 673 g/mol. The minimum Gasteiger partial charge on any atom is -0.465 e. The second-order valence-electron chi connectivity index (χ2n) is 11.3. The van der Waals surface area contributed by atoms with Gasteiger partial charge in [-0.05, 0) is 85.6 Å². The van der Waals surface area contributed by atoms with Gasteiger partial charge in [0.25, 0.3) is 0 Å². The van der Waals surface area contributed by atoms with Gasteiger partial charge in [0.05, 0.1) is 25.3 Å². The number of esters is 2. The Morgan fingerprint density at radius 2 is 0.708 bits per heavy atom. The maximum atomic E-state index is 13.3. The van der Waals surface area contributed by atoms with E-state index in [1.165, 1.54) is 46.2 Å². The zero-order valence-corrected chi connectivity index (χ0v) is 29.9. The predicted molar refractivity (Wildman–Crippen MR) is 203 cm³/mol. The number of aryl methyl sites for hydroxylation is 2. The van der Waals surface area contributed by atoms with Crippen molar-refractivity contribution >= 4 is 57.3 Å². The summed E-state index contributed by atoms with van der Waals surface area (Å²) in [5.41, 5.74) is 6.88. The van der Waals surface area contributed by atoms with Crippen LogP contribution in [0.25, 0.3) is 61.3 Å². The predicted octanol–water partition coefficient (Wildman–Crippen LogP) is 12.1. The smallest absolute Gasteiger partial charge is 0.338 e. The summed E-state index contributed by atoms with van der Waals surface area (Å²) in [5, 5.41) is 0. The molecule has 0 unspecified atom stereocenters. The van der Waals surface area contributed by atoms with E-state index in [0.29, 0.717) is 22.3 Å². The van der Waals surface area contributed by atoms with Gasteiger partial charge in [-0.1, -0.05) is 59.7 Å². The molecule has 238 valence electrons. The Labute approximate surface area is 295 Å². The molecule has 8 heteroatoms. The van der Waals surface area contributed by atoms with Crippen molar-refractivity contribution in [3.8, 4) is 61.3 Å². The van der Waals surface area contributed by atoms with Crippen molar-refractivity contribution in [2.45, 2.75) is 13.8 Å². The van der Waals surface area contributed by atoms with Crippen LogP contribution < -0.4 is 0 Å². The molecule has 4 nitrogen and oxygen atoms in total. The molecule has 3 aromatic carbocycles. The van der Waals surface area contributed by atoms with Crippen LogP contribution in [0.5, 0.6) is 0 Å². The lowest BCUT2D eigenvalue weighted by Crippen LogP contribution is -2.09. The van der Waals surface area contributed by atoms with Gasteiger partial charge in [-0.25, -0.2) is 9.59 Å². The third-order valence-corrected chi connectivity index (χ3v) is 13.0. The molecule has 7 rings (SSSR count). The van der Waals surface area contributed by atoms with Crippen LogP contribution in [0, 0.1) is 13.8 Å². The Morgan fingerprint density at radius 3 is 1.04 bits per heavy atom. The SMILES string of the molecule is COC(=O)c1cc(-c2ccc(-c3ccc(-c4ccc(C)cc4)s3)s2)c(C(=O)OC)cc1-c1ccc(-c2ccc(-c3ccc(C)cc3)s2)s1. The fourth-order valence-corrected chi connectivity index (χ4v) is 9.76. The molecule has 0 aliphatic rings. The molecule has 0 radical (unpaired) electrons. The largest absolute Gasteiger partial charge is 0.465 e. The van der Waals surface area contributed by atoms with Crippen molar-refractivity contribution in [1.82, 2.24) is 0 Å². The van der Waals surface area contributed by atoms with Gasteiger partial charge in [-0.2, -0.15) is 0 Å². The van der Waals surface area contributed by atoms with Crippen molar-refractivity contribution < 1.29 is 19.1 Å². The van der Waals surface area contributed by atoms with Crippen LogP contribution >= 0.6 is 45.3 Å². The summed E-state index contributed by atoms with van der Waals surface area (Å²) in [6.45, 7) is 4.17. The molecule has 0 fully saturated rings. The van der Waals surface area contributed by atoms with E-state index in [0.717, 1.165) is 29.3 Å². The van der Waals surface area contributed by atoms with Crippen LogP contribution in [0.2, 0.25) is 0 Å². The maximum absolute atomic E-state index is 13.3. The van der Waals surface area contributed by atoms with Gasteiger partial charge in [0, 0.05) is 50.1 Å². The zero-order chi connectivity index (χ0) is 33.4. The van der Waals surface area contributed by atoms with Gasteiger partial charge in [0.2, 0.25) is 0 Å². The first-order valence-corrected chi connectivity index (χ1v) is 18.5. The normalized spacial score (nSPS) is 11.1. The molecule has 48 heavy (non-hydrogen) atoms. The molecule has 0 saturated carbocycles. The monoisotopic (exact) mass is 702 g/mol. The molecule has 0 bridgehead atoms. The zero-order valence-electron chi connectivity index (χ0n) is 26.7. The summed E-state index contributed by atoms with van der Waals surface area (Å²) in [7, 11) is 2.76. The van der Waals surface area contributed by atoms with E-state index in [9.17, 15) is 9.59 Å². The van der Waals surface area contributed by atoms with E-state index in [1.54, 1.807) is 57.5 Å². The fraction of sp³-hybridized carbons (Fsp3) is 0.100. The number of carbonyl (C=O) groups excluding carboxylic acids is 2. The fourth-order valence-electron chi connectivity index (χ4n) is 5.48. The number of hydrogen-bond acceptors (Lipinski definition) is 8. The summed E-state index contributed by atoms with van der Waals surface area (Å²) >= 11 is 6.61. The van der Waals surface area contributed by atoms with Gasteiger partial charge in [0.15, 0.2) is 0 Å². The lowest BCUT2D eigenvalue weighted by molar-refractivity contribution is 0.0588. The Bertz CT molecular complexity index is 2100. The van der Waals surface area contributed by atoms with Crippen LogP contribution in [0.15, 0.2) is 109 Å². The second-order valence-corrected chi connectivity index (χ2v) is 15.6. The third kappa shape index (κ3) is 6.32. The number of thiophene rings is 4. The Balaban J connectivity index is 1.25. The van der Waals surface area contributed by atoms with E-state index >= 15 is 0 Å². The van der Waals surface area contributed by atoms with Crippen LogP contribution in [0.4, 0.5) is 0 Å². The lowest BCUT2D eigenvalue weighted by atomic mass is 9.96. The molecule has 0 spiro atoms. The molecular formula is C40H30O4S4. The number of benzene rings is 3. The van der Waals surface area contributed by atoms with E-state index < -0.39 is 11.9 Å². The van der Waals surface area contributed by atoms with Gasteiger partial charge >= 0.3 is 11.9 Å². The minimum absolute atomic E-state index is 0.396. The lowest BCUT2D eigenvalue weighted by Gasteiger charge is -2.13. The van der Waals surface area contributed by atoms with E-state index in [-0.39, 0.29) is 0 Å². The Morgan fingerprint density at radius 1 is 0.417 bits per heavy atom. The summed E-state index contributed by atoms with van der Waals surface area (Å²) in [6.07, 6.45) is 0. The summed E-state index contributed by atoms with van der Waals surface area (Å²) in [4.78, 5) is 35.1. The third-order valence-electron chi connectivity index (χ3n) is 8.08. The molecule has 0 amide bonds. The molecule has 0 atom stereocenters. The molecule has 7 aromatic rings. The maximum Gasteiger partial charge on any atom is 0.338 e. The van der Waals surface area contributed by atoms with Gasteiger partial charge in [-0.3, -0.25) is 0 Å². The van der Waals surface area contributed by atoms with Crippen LogP contribution in [-0.4, -0.2) is 26.2 Å². The quantitative estimate of drug-likeness (QED) is 0.148. The summed E-state index contributed by atoms with van der Waals surface area (Å²) < 4.78 is 10.5. The van der Waals surface area contributed by atoms with Crippen molar-refractivity contribution in [3.05, 3.63) is 131 Å². The molecule has 0 N–H and O–H groups in total. The molecule has 0 aliphatic carbocycles. The molecule has 4 aromatic heterocycles. The highest BCUT2D eigenvalue weighted by Gasteiger charge is 2.24. The number of methoxy groups -OCH3 is 2. The molecule has 4 heterocycles. The highest BCUT2D eigenvalue weighted by Crippen LogP contribution is 2.45. The van der Waals surface area contributed by atoms with Crippen molar-refractivity contribution in [2.75, 3.05) is 14.2 Å².